The van der Waals surface area contributed by atoms with E-state index in [9.17, 15) is 0 Å². The van der Waals surface area contributed by atoms with Crippen LogP contribution in [0.3, 0.4) is 0 Å². The molecule has 0 saturated heterocycles. The van der Waals surface area contributed by atoms with Gasteiger partial charge < -0.3 is 5.73 Å². The molecule has 1 atom stereocenters. The average Bonchev–Trinajstić information content (AvgIpc) is 2.74. The highest BCUT2D eigenvalue weighted by Crippen LogP contribution is 2.28. The Labute approximate surface area is 108 Å². The first-order chi connectivity index (χ1) is 8.38. The smallest absolute Gasteiger partial charge is 0.145 e. The van der Waals surface area contributed by atoms with E-state index in [1.807, 2.05) is 6.07 Å². The summed E-state index contributed by atoms with van der Waals surface area (Å²) in [6.07, 6.45) is 0. The minimum absolute atomic E-state index is 0.169. The first-order valence-electron chi connectivity index (χ1n) is 6.29. The van der Waals surface area contributed by atoms with Crippen molar-refractivity contribution >= 4 is 5.82 Å². The van der Waals surface area contributed by atoms with Crippen LogP contribution in [0, 0.1) is 0 Å². The van der Waals surface area contributed by atoms with Crippen molar-refractivity contribution < 1.29 is 0 Å². The van der Waals surface area contributed by atoms with Crippen LogP contribution in [0.4, 0.5) is 5.82 Å². The summed E-state index contributed by atoms with van der Waals surface area (Å²) in [6, 6.07) is 10.6. The second-order valence-corrected chi connectivity index (χ2v) is 5.85. The normalized spacial score (nSPS) is 13.6. The van der Waals surface area contributed by atoms with Crippen LogP contribution in [0.25, 0.3) is 0 Å². The summed E-state index contributed by atoms with van der Waals surface area (Å²) in [7, 11) is 0. The predicted octanol–water partition coefficient (Wildman–Crippen LogP) is 3.44. The van der Waals surface area contributed by atoms with Crippen LogP contribution in [0.2, 0.25) is 0 Å². The maximum absolute atomic E-state index is 5.65. The number of aromatic nitrogens is 2. The Morgan fingerprint density at radius 2 is 1.94 bits per heavy atom. The van der Waals surface area contributed by atoms with Gasteiger partial charge in [-0.15, -0.1) is 0 Å². The Balaban J connectivity index is 2.34. The van der Waals surface area contributed by atoms with E-state index in [1.54, 1.807) is 0 Å². The van der Waals surface area contributed by atoms with E-state index >= 15 is 0 Å². The van der Waals surface area contributed by atoms with Gasteiger partial charge in [-0.3, -0.25) is 5.10 Å². The molecular formula is C15H21N3. The number of nitrogens with two attached hydrogens (primary N) is 1. The third-order valence-electron chi connectivity index (χ3n) is 3.34. The SMILES string of the molecule is CC(c1cccc(C(C)(C)C)c1)c1cc(N)n[nH]1. The number of anilines is 1. The average molecular weight is 243 g/mol. The van der Waals surface area contributed by atoms with Crippen molar-refractivity contribution in [2.45, 2.75) is 39.0 Å². The van der Waals surface area contributed by atoms with Gasteiger partial charge >= 0.3 is 0 Å². The molecule has 96 valence electrons. The van der Waals surface area contributed by atoms with Gasteiger partial charge in [0.2, 0.25) is 0 Å². The molecule has 0 bridgehead atoms. The number of nitrogens with zero attached hydrogens (tertiary/aromatic N) is 1. The fraction of sp³-hybridized carbons (Fsp3) is 0.400. The van der Waals surface area contributed by atoms with E-state index in [0.717, 1.165) is 5.69 Å². The van der Waals surface area contributed by atoms with E-state index < -0.39 is 0 Å². The van der Waals surface area contributed by atoms with Gasteiger partial charge in [-0.25, -0.2) is 0 Å². The van der Waals surface area contributed by atoms with E-state index in [4.69, 9.17) is 5.73 Å². The van der Waals surface area contributed by atoms with Gasteiger partial charge in [0.1, 0.15) is 5.82 Å². The molecule has 1 heterocycles. The molecule has 0 aliphatic rings. The van der Waals surface area contributed by atoms with Gasteiger partial charge in [0.25, 0.3) is 0 Å². The number of nitrogens with one attached hydrogen (secondary N) is 1. The fourth-order valence-electron chi connectivity index (χ4n) is 2.03. The fourth-order valence-corrected chi connectivity index (χ4v) is 2.03. The summed E-state index contributed by atoms with van der Waals surface area (Å²) in [4.78, 5) is 0. The van der Waals surface area contributed by atoms with Crippen LogP contribution in [0.15, 0.2) is 30.3 Å². The molecule has 2 aromatic rings. The lowest BCUT2D eigenvalue weighted by atomic mass is 9.84. The van der Waals surface area contributed by atoms with Crippen LogP contribution in [-0.2, 0) is 5.41 Å². The number of hydrogen-bond donors (Lipinski definition) is 2. The van der Waals surface area contributed by atoms with Crippen LogP contribution < -0.4 is 5.73 Å². The van der Waals surface area contributed by atoms with Crippen molar-refractivity contribution in [3.63, 3.8) is 0 Å². The zero-order valence-electron chi connectivity index (χ0n) is 11.5. The van der Waals surface area contributed by atoms with Gasteiger partial charge in [-0.2, -0.15) is 5.10 Å². The highest BCUT2D eigenvalue weighted by molar-refractivity contribution is 5.37. The maximum Gasteiger partial charge on any atom is 0.145 e. The summed E-state index contributed by atoms with van der Waals surface area (Å²) in [5.41, 5.74) is 9.50. The Morgan fingerprint density at radius 3 is 2.50 bits per heavy atom. The quantitative estimate of drug-likeness (QED) is 0.849. The Bertz CT molecular complexity index is 535. The molecule has 2 rings (SSSR count). The monoisotopic (exact) mass is 243 g/mol. The molecule has 0 aliphatic carbocycles. The zero-order valence-corrected chi connectivity index (χ0v) is 11.5. The number of benzene rings is 1. The Morgan fingerprint density at radius 1 is 1.22 bits per heavy atom. The van der Waals surface area contributed by atoms with E-state index in [0.29, 0.717) is 5.82 Å². The zero-order chi connectivity index (χ0) is 13.3. The van der Waals surface area contributed by atoms with E-state index in [-0.39, 0.29) is 11.3 Å². The predicted molar refractivity (Wildman–Crippen MR) is 75.7 cm³/mol. The van der Waals surface area contributed by atoms with Gasteiger partial charge in [-0.05, 0) is 16.5 Å². The lowest BCUT2D eigenvalue weighted by molar-refractivity contribution is 0.588. The Hall–Kier alpha value is -1.77. The molecule has 0 radical (unpaired) electrons. The molecule has 0 aliphatic heterocycles. The molecule has 3 nitrogen and oxygen atoms in total. The lowest BCUT2D eigenvalue weighted by Gasteiger charge is -2.21. The summed E-state index contributed by atoms with van der Waals surface area (Å²) in [5, 5.41) is 6.97. The highest BCUT2D eigenvalue weighted by Gasteiger charge is 2.16. The van der Waals surface area contributed by atoms with Crippen LogP contribution in [-0.4, -0.2) is 10.2 Å². The topological polar surface area (TPSA) is 54.7 Å². The largest absolute Gasteiger partial charge is 0.382 e. The molecule has 0 saturated carbocycles. The molecular weight excluding hydrogens is 222 g/mol. The molecule has 3 N–H and O–H groups in total. The Kier molecular flexibility index (Phi) is 3.16. The molecule has 0 fully saturated rings. The third-order valence-corrected chi connectivity index (χ3v) is 3.34. The molecule has 1 aromatic heterocycles. The van der Waals surface area contributed by atoms with Gasteiger partial charge in [0, 0.05) is 17.7 Å². The van der Waals surface area contributed by atoms with Crippen LogP contribution >= 0.6 is 0 Å². The summed E-state index contributed by atoms with van der Waals surface area (Å²) in [6.45, 7) is 8.84. The molecule has 0 amide bonds. The van der Waals surface area contributed by atoms with Crippen molar-refractivity contribution in [1.82, 2.24) is 10.2 Å². The highest BCUT2D eigenvalue weighted by atomic mass is 15.2. The minimum atomic E-state index is 0.169. The maximum atomic E-state index is 5.65. The van der Waals surface area contributed by atoms with Gasteiger partial charge in [0.05, 0.1) is 0 Å². The van der Waals surface area contributed by atoms with Crippen molar-refractivity contribution in [3.8, 4) is 0 Å². The third kappa shape index (κ3) is 2.55. The second-order valence-electron chi connectivity index (χ2n) is 5.85. The van der Waals surface area contributed by atoms with Crippen LogP contribution in [0.5, 0.6) is 0 Å². The van der Waals surface area contributed by atoms with Crippen LogP contribution in [0.1, 0.15) is 50.4 Å². The summed E-state index contributed by atoms with van der Waals surface area (Å²) >= 11 is 0. The lowest BCUT2D eigenvalue weighted by Crippen LogP contribution is -2.11. The van der Waals surface area contributed by atoms with E-state index in [1.165, 1.54) is 11.1 Å². The van der Waals surface area contributed by atoms with Crippen molar-refractivity contribution in [2.24, 2.45) is 0 Å². The number of hydrogen-bond acceptors (Lipinski definition) is 2. The standard InChI is InChI=1S/C15H21N3/c1-10(13-9-14(16)18-17-13)11-6-5-7-12(8-11)15(2,3)4/h5-10H,1-4H3,(H3,16,17,18). The second kappa shape index (κ2) is 4.48. The number of aromatic amines is 1. The van der Waals surface area contributed by atoms with E-state index in [2.05, 4.69) is 62.2 Å². The molecule has 1 aromatic carbocycles. The molecule has 1 unspecified atom stereocenters. The van der Waals surface area contributed by atoms with Crippen molar-refractivity contribution in [3.05, 3.63) is 47.2 Å². The number of H-pyrrole nitrogens is 1. The molecule has 3 heteroatoms. The first-order valence-corrected chi connectivity index (χ1v) is 6.29. The summed E-state index contributed by atoms with van der Waals surface area (Å²) in [5.74, 6) is 0.820. The molecule has 18 heavy (non-hydrogen) atoms. The number of nitrogen functional groups attached to an aromatic ring is 1. The first kappa shape index (κ1) is 12.7. The number of rotatable bonds is 2. The van der Waals surface area contributed by atoms with Gasteiger partial charge in [-0.1, -0.05) is 52.0 Å². The van der Waals surface area contributed by atoms with Crippen molar-refractivity contribution in [1.29, 1.82) is 0 Å². The van der Waals surface area contributed by atoms with Gasteiger partial charge in [0.15, 0.2) is 0 Å². The minimum Gasteiger partial charge on any atom is -0.382 e. The van der Waals surface area contributed by atoms with Crippen molar-refractivity contribution in [2.75, 3.05) is 5.73 Å². The summed E-state index contributed by atoms with van der Waals surface area (Å²) < 4.78 is 0. The molecule has 0 spiro atoms.